The lowest BCUT2D eigenvalue weighted by Gasteiger charge is -2.51. The van der Waals surface area contributed by atoms with Crippen molar-refractivity contribution in [2.45, 2.75) is 31.9 Å². The number of carbonyl (C=O) groups excluding carboxylic acids is 2. The summed E-state index contributed by atoms with van der Waals surface area (Å²) < 4.78 is 6.95. The van der Waals surface area contributed by atoms with Gasteiger partial charge in [0.05, 0.1) is 13.1 Å². The Morgan fingerprint density at radius 1 is 0.917 bits per heavy atom. The van der Waals surface area contributed by atoms with Gasteiger partial charge in [0.25, 0.3) is 0 Å². The Hall–Kier alpha value is -2.96. The number of quaternary nitrogens is 1. The van der Waals surface area contributed by atoms with Gasteiger partial charge in [-0.15, -0.1) is 0 Å². The second-order valence-electron chi connectivity index (χ2n) is 10.0. The molecule has 0 amide bonds. The molecule has 0 aliphatic carbocycles. The van der Waals surface area contributed by atoms with Gasteiger partial charge in [-0.05, 0) is 24.1 Å². The number of piperidine rings is 3. The molecule has 0 spiro atoms. The lowest BCUT2D eigenvalue weighted by atomic mass is 9.82. The molecule has 5 nitrogen and oxygen atoms in total. The fourth-order valence-corrected chi connectivity index (χ4v) is 5.63. The largest absolute Gasteiger partial charge is 1.00 e. The van der Waals surface area contributed by atoms with Crippen molar-refractivity contribution in [3.8, 4) is 0 Å². The Morgan fingerprint density at radius 2 is 1.53 bits per heavy atom. The highest BCUT2D eigenvalue weighted by molar-refractivity contribution is 5.97. The van der Waals surface area contributed by atoms with Gasteiger partial charge in [0, 0.05) is 30.0 Å². The normalized spacial score (nSPS) is 23.2. The van der Waals surface area contributed by atoms with E-state index in [1.807, 2.05) is 91.9 Å². The van der Waals surface area contributed by atoms with E-state index in [0.717, 1.165) is 48.3 Å². The van der Waals surface area contributed by atoms with Crippen molar-refractivity contribution >= 4 is 17.4 Å². The highest BCUT2D eigenvalue weighted by atomic mass is 79.9. The van der Waals surface area contributed by atoms with Gasteiger partial charge in [-0.1, -0.05) is 78.9 Å². The molecule has 3 aromatic carbocycles. The number of carbonyl (C=O) groups is 2. The molecule has 6 rings (SSSR count). The predicted molar refractivity (Wildman–Crippen MR) is 137 cm³/mol. The Kier molecular flexibility index (Phi) is 8.27. The van der Waals surface area contributed by atoms with Gasteiger partial charge in [-0.2, -0.15) is 0 Å². The van der Waals surface area contributed by atoms with Crippen molar-refractivity contribution in [3.05, 3.63) is 102 Å². The van der Waals surface area contributed by atoms with Crippen LogP contribution in [0.2, 0.25) is 0 Å². The van der Waals surface area contributed by atoms with Crippen molar-refractivity contribution in [1.82, 2.24) is 0 Å². The summed E-state index contributed by atoms with van der Waals surface area (Å²) in [5.41, 5.74) is 3.63. The predicted octanol–water partition coefficient (Wildman–Crippen LogP) is 2.19. The zero-order valence-corrected chi connectivity index (χ0v) is 22.2. The van der Waals surface area contributed by atoms with Crippen LogP contribution in [0.4, 0.5) is 5.69 Å². The van der Waals surface area contributed by atoms with E-state index < -0.39 is 6.04 Å². The van der Waals surface area contributed by atoms with E-state index in [4.69, 9.17) is 4.74 Å². The lowest BCUT2D eigenvalue weighted by Crippen LogP contribution is -3.00. The van der Waals surface area contributed by atoms with Crippen LogP contribution in [-0.4, -0.2) is 48.5 Å². The molecule has 0 saturated carbocycles. The summed E-state index contributed by atoms with van der Waals surface area (Å²) in [6.45, 7) is 5.15. The third-order valence-corrected chi connectivity index (χ3v) is 7.70. The topological polar surface area (TPSA) is 55.4 Å². The Labute approximate surface area is 223 Å². The summed E-state index contributed by atoms with van der Waals surface area (Å²) in [4.78, 5) is 26.6. The smallest absolute Gasteiger partial charge is 0.333 e. The summed E-state index contributed by atoms with van der Waals surface area (Å²) in [6.07, 6.45) is 1.81. The number of Topliss-reactive ketones (excluding diaryl/α,β-unsaturated/α-hetero) is 1. The van der Waals surface area contributed by atoms with Crippen molar-refractivity contribution in [3.63, 3.8) is 0 Å². The van der Waals surface area contributed by atoms with Crippen LogP contribution in [0.5, 0.6) is 0 Å². The summed E-state index contributed by atoms with van der Waals surface area (Å²) >= 11 is 0. The summed E-state index contributed by atoms with van der Waals surface area (Å²) in [7, 11) is 0. The Bertz CT molecular complexity index is 1180. The SMILES string of the molecule is Cc1ccccc1NC(C(=O)O[C@H]1C[N+]2(CC(=O)c3ccccc3)CCC1CC2)c1ccccc1.[Br-]. The molecule has 3 heterocycles. The average Bonchev–Trinajstić information content (AvgIpc) is 2.89. The van der Waals surface area contributed by atoms with Crippen LogP contribution in [0.25, 0.3) is 0 Å². The summed E-state index contributed by atoms with van der Waals surface area (Å²) in [5.74, 6) is 0.269. The molecule has 0 radical (unpaired) electrons. The second kappa shape index (κ2) is 11.4. The number of fused-ring (bicyclic) bond motifs is 3. The van der Waals surface area contributed by atoms with Crippen LogP contribution in [0.1, 0.15) is 40.4 Å². The molecule has 1 N–H and O–H groups in total. The van der Waals surface area contributed by atoms with E-state index in [9.17, 15) is 9.59 Å². The highest BCUT2D eigenvalue weighted by Gasteiger charge is 2.49. The molecule has 3 aromatic rings. The number of halogens is 1. The van der Waals surface area contributed by atoms with E-state index in [1.165, 1.54) is 0 Å². The van der Waals surface area contributed by atoms with Gasteiger partial charge in [-0.3, -0.25) is 4.79 Å². The number of esters is 1. The minimum Gasteiger partial charge on any atom is -1.00 e. The Balaban J connectivity index is 0.00000304. The van der Waals surface area contributed by atoms with Gasteiger partial charge in [-0.25, -0.2) is 4.79 Å². The molecule has 3 fully saturated rings. The first-order chi connectivity index (χ1) is 17.0. The van der Waals surface area contributed by atoms with Crippen LogP contribution in [0.15, 0.2) is 84.9 Å². The first-order valence-electron chi connectivity index (χ1n) is 12.5. The number of anilines is 1. The highest BCUT2D eigenvalue weighted by Crippen LogP contribution is 2.37. The molecular weight excluding hydrogens is 516 g/mol. The van der Waals surface area contributed by atoms with Gasteiger partial charge in [0.15, 0.2) is 12.1 Å². The standard InChI is InChI=1S/C30H33N2O3.BrH/c1-22-10-8-9-15-26(22)31-29(25-13-6-3-7-14-25)30(34)35-28-21-32(18-16-24(28)17-19-32)20-27(33)23-11-4-2-5-12-23;/h2-15,24,28-29,31H,16-21H2,1H3;1H/q+1;/p-1/t24?,28-,29?,32?;/m0./s1. The van der Waals surface area contributed by atoms with Gasteiger partial charge in [0.1, 0.15) is 13.1 Å². The maximum Gasteiger partial charge on any atom is 0.333 e. The van der Waals surface area contributed by atoms with Crippen molar-refractivity contribution < 1.29 is 35.8 Å². The quantitative estimate of drug-likeness (QED) is 0.266. The monoisotopic (exact) mass is 548 g/mol. The van der Waals surface area contributed by atoms with E-state index in [1.54, 1.807) is 0 Å². The van der Waals surface area contributed by atoms with Crippen LogP contribution in [0.3, 0.4) is 0 Å². The number of para-hydroxylation sites is 1. The zero-order chi connectivity index (χ0) is 24.3. The summed E-state index contributed by atoms with van der Waals surface area (Å²) in [6, 6.07) is 26.7. The number of hydrogen-bond acceptors (Lipinski definition) is 4. The third kappa shape index (κ3) is 5.71. The van der Waals surface area contributed by atoms with Crippen LogP contribution in [-0.2, 0) is 9.53 Å². The maximum atomic E-state index is 13.6. The average molecular weight is 550 g/mol. The first kappa shape index (κ1) is 26.1. The number of benzene rings is 3. The zero-order valence-electron chi connectivity index (χ0n) is 20.6. The van der Waals surface area contributed by atoms with Crippen LogP contribution >= 0.6 is 0 Å². The molecule has 2 bridgehead atoms. The van der Waals surface area contributed by atoms with Crippen LogP contribution in [0, 0.1) is 12.8 Å². The number of aryl methyl sites for hydroxylation is 1. The lowest BCUT2D eigenvalue weighted by molar-refractivity contribution is -0.938. The minimum absolute atomic E-state index is 0. The molecule has 1 unspecified atom stereocenters. The number of nitrogens with one attached hydrogen (secondary N) is 1. The van der Waals surface area contributed by atoms with Crippen LogP contribution < -0.4 is 22.3 Å². The first-order valence-corrected chi connectivity index (χ1v) is 12.5. The second-order valence-corrected chi connectivity index (χ2v) is 10.0. The fraction of sp³-hybridized carbons (Fsp3) is 0.333. The summed E-state index contributed by atoms with van der Waals surface area (Å²) in [5, 5.41) is 3.43. The Morgan fingerprint density at radius 3 is 2.19 bits per heavy atom. The molecule has 2 atom stereocenters. The molecule has 3 aliphatic heterocycles. The van der Waals surface area contributed by atoms with Crippen molar-refractivity contribution in [1.29, 1.82) is 0 Å². The van der Waals surface area contributed by atoms with Gasteiger partial charge < -0.3 is 31.5 Å². The molecule has 0 aromatic heterocycles. The van der Waals surface area contributed by atoms with E-state index >= 15 is 0 Å². The number of ketones is 1. The number of rotatable bonds is 8. The van der Waals surface area contributed by atoms with E-state index in [0.29, 0.717) is 23.5 Å². The fourth-order valence-electron chi connectivity index (χ4n) is 5.63. The molecular formula is C30H33BrN2O3. The molecule has 3 aliphatic rings. The molecule has 6 heteroatoms. The number of nitrogens with zero attached hydrogens (tertiary/aromatic N) is 1. The number of hydrogen-bond donors (Lipinski definition) is 1. The van der Waals surface area contributed by atoms with E-state index in [-0.39, 0.29) is 34.8 Å². The third-order valence-electron chi connectivity index (χ3n) is 7.70. The maximum absolute atomic E-state index is 13.6. The molecule has 3 saturated heterocycles. The van der Waals surface area contributed by atoms with E-state index in [2.05, 4.69) is 5.32 Å². The molecule has 188 valence electrons. The van der Waals surface area contributed by atoms with Gasteiger partial charge in [0.2, 0.25) is 5.78 Å². The van der Waals surface area contributed by atoms with Crippen molar-refractivity contribution in [2.24, 2.45) is 5.92 Å². The minimum atomic E-state index is -0.591. The van der Waals surface area contributed by atoms with Gasteiger partial charge >= 0.3 is 5.97 Å². The molecule has 36 heavy (non-hydrogen) atoms. The number of ether oxygens (including phenoxy) is 1. The van der Waals surface area contributed by atoms with Crippen molar-refractivity contribution in [2.75, 3.05) is 31.5 Å².